The van der Waals surface area contributed by atoms with Gasteiger partial charge in [0.25, 0.3) is 10.1 Å². The van der Waals surface area contributed by atoms with E-state index in [9.17, 15) is 8.42 Å². The summed E-state index contributed by atoms with van der Waals surface area (Å²) >= 11 is 0. The van der Waals surface area contributed by atoms with Crippen molar-refractivity contribution < 1.29 is 13.0 Å². The highest BCUT2D eigenvalue weighted by atomic mass is 32.2. The summed E-state index contributed by atoms with van der Waals surface area (Å²) in [7, 11) is -3.93. The van der Waals surface area contributed by atoms with Gasteiger partial charge < -0.3 is 15.1 Å². The summed E-state index contributed by atoms with van der Waals surface area (Å²) in [5, 5.41) is 2.55. The van der Waals surface area contributed by atoms with Gasteiger partial charge in [-0.05, 0) is 24.8 Å². The van der Waals surface area contributed by atoms with Crippen LogP contribution in [0.1, 0.15) is 19.8 Å². The van der Waals surface area contributed by atoms with Gasteiger partial charge in [-0.2, -0.15) is 8.42 Å². The second-order valence-corrected chi connectivity index (χ2v) is 6.52. The average molecular weight is 339 g/mol. The van der Waals surface area contributed by atoms with Crippen LogP contribution < -0.4 is 5.32 Å². The van der Waals surface area contributed by atoms with Gasteiger partial charge in [0, 0.05) is 24.6 Å². The molecule has 6 nitrogen and oxygen atoms in total. The van der Waals surface area contributed by atoms with Crippen LogP contribution >= 0.6 is 0 Å². The Labute approximate surface area is 138 Å². The molecule has 0 amide bonds. The smallest absolute Gasteiger partial charge is 0.283 e. The van der Waals surface area contributed by atoms with Gasteiger partial charge in [0.1, 0.15) is 5.88 Å². The van der Waals surface area contributed by atoms with E-state index in [-0.39, 0.29) is 0 Å². The van der Waals surface area contributed by atoms with Gasteiger partial charge in [0.05, 0.1) is 6.67 Å². The molecular formula is C16H25N3O3S. The first-order valence-corrected chi connectivity index (χ1v) is 9.10. The van der Waals surface area contributed by atoms with Crippen molar-refractivity contribution in [3.05, 3.63) is 55.5 Å². The fourth-order valence-corrected chi connectivity index (χ4v) is 2.19. The van der Waals surface area contributed by atoms with E-state index >= 15 is 0 Å². The summed E-state index contributed by atoms with van der Waals surface area (Å²) in [6.07, 6.45) is 8.57. The lowest BCUT2D eigenvalue weighted by Crippen LogP contribution is -2.22. The topological polar surface area (TPSA) is 72.9 Å². The Morgan fingerprint density at radius 3 is 2.52 bits per heavy atom. The van der Waals surface area contributed by atoms with Crippen LogP contribution in [0.4, 0.5) is 5.69 Å². The number of unbranched alkanes of at least 4 members (excludes halogenated alkanes) is 1. The lowest BCUT2D eigenvalue weighted by molar-refractivity contribution is 0.310. The number of benzene rings is 1. The van der Waals surface area contributed by atoms with E-state index in [1.165, 1.54) is 12.8 Å². The van der Waals surface area contributed by atoms with Gasteiger partial charge in [-0.25, -0.2) is 0 Å². The van der Waals surface area contributed by atoms with E-state index in [4.69, 9.17) is 4.55 Å². The maximum absolute atomic E-state index is 10.3. The zero-order chi connectivity index (χ0) is 17.1. The van der Waals surface area contributed by atoms with Crippen LogP contribution in [0, 0.1) is 0 Å². The van der Waals surface area contributed by atoms with E-state index in [0.717, 1.165) is 13.2 Å². The Morgan fingerprint density at radius 2 is 2.00 bits per heavy atom. The standard InChI is InChI=1S/C9H16N2.C7H9NO3S/c1-3-5-6-11-8-7-10(4-2)9-11;9-12(10,11)6-8-7-4-2-1-3-5-7/h4,7-8H,2-3,5-6,9H2,1H3;1-5,8H,6H2,(H,9,10,11). The minimum atomic E-state index is -3.93. The predicted molar refractivity (Wildman–Crippen MR) is 94.1 cm³/mol. The molecule has 0 radical (unpaired) electrons. The number of rotatable bonds is 7. The number of anilines is 1. The highest BCUT2D eigenvalue weighted by Crippen LogP contribution is 2.07. The lowest BCUT2D eigenvalue weighted by atomic mass is 10.3. The molecular weight excluding hydrogens is 314 g/mol. The molecule has 0 aromatic heterocycles. The van der Waals surface area contributed by atoms with Crippen molar-refractivity contribution in [1.29, 1.82) is 0 Å². The fourth-order valence-electron chi connectivity index (χ4n) is 1.84. The summed E-state index contributed by atoms with van der Waals surface area (Å²) in [5.74, 6) is -0.461. The first kappa shape index (κ1) is 19.1. The van der Waals surface area contributed by atoms with Crippen LogP contribution in [0.3, 0.4) is 0 Å². The van der Waals surface area contributed by atoms with Gasteiger partial charge in [0.15, 0.2) is 0 Å². The van der Waals surface area contributed by atoms with E-state index in [1.807, 2.05) is 12.3 Å². The molecule has 1 heterocycles. The van der Waals surface area contributed by atoms with E-state index in [2.05, 4.69) is 41.0 Å². The number of para-hydroxylation sites is 1. The molecule has 0 saturated carbocycles. The molecule has 0 bridgehead atoms. The quantitative estimate of drug-likeness (QED) is 0.744. The van der Waals surface area contributed by atoms with Gasteiger partial charge in [-0.15, -0.1) is 0 Å². The first-order chi connectivity index (χ1) is 10.9. The third-order valence-electron chi connectivity index (χ3n) is 3.08. The third-order valence-corrected chi connectivity index (χ3v) is 3.59. The van der Waals surface area contributed by atoms with Crippen molar-refractivity contribution in [2.24, 2.45) is 0 Å². The highest BCUT2D eigenvalue weighted by Gasteiger charge is 2.07. The Kier molecular flexibility index (Phi) is 8.21. The van der Waals surface area contributed by atoms with Crippen molar-refractivity contribution in [1.82, 2.24) is 9.80 Å². The Balaban J connectivity index is 0.000000231. The Hall–Kier alpha value is -1.99. The molecule has 1 aliphatic heterocycles. The molecule has 0 spiro atoms. The van der Waals surface area contributed by atoms with Crippen LogP contribution in [-0.2, 0) is 10.1 Å². The Bertz CT molecular complexity index is 588. The first-order valence-electron chi connectivity index (χ1n) is 7.49. The summed E-state index contributed by atoms with van der Waals surface area (Å²) in [5.41, 5.74) is 0.662. The molecule has 0 aliphatic carbocycles. The molecule has 2 N–H and O–H groups in total. The van der Waals surface area contributed by atoms with Gasteiger partial charge >= 0.3 is 0 Å². The normalized spacial score (nSPS) is 13.5. The SMILES string of the molecule is C=CN1C=CN(CCCC)C1.O=S(=O)(O)CNc1ccccc1. The zero-order valence-corrected chi connectivity index (χ0v) is 14.2. The molecule has 0 saturated heterocycles. The predicted octanol–water partition coefficient (Wildman–Crippen LogP) is 2.92. The summed E-state index contributed by atoms with van der Waals surface area (Å²) in [6, 6.07) is 8.79. The van der Waals surface area contributed by atoms with Crippen molar-refractivity contribution in [2.45, 2.75) is 19.8 Å². The number of nitrogens with zero attached hydrogens (tertiary/aromatic N) is 2. The monoisotopic (exact) mass is 339 g/mol. The molecule has 23 heavy (non-hydrogen) atoms. The largest absolute Gasteiger partial charge is 0.370 e. The molecule has 128 valence electrons. The van der Waals surface area contributed by atoms with Crippen molar-refractivity contribution >= 4 is 15.8 Å². The van der Waals surface area contributed by atoms with Gasteiger partial charge in [-0.3, -0.25) is 4.55 Å². The Morgan fingerprint density at radius 1 is 1.30 bits per heavy atom. The highest BCUT2D eigenvalue weighted by molar-refractivity contribution is 7.85. The third kappa shape index (κ3) is 8.90. The van der Waals surface area contributed by atoms with Crippen molar-refractivity contribution in [3.63, 3.8) is 0 Å². The van der Waals surface area contributed by atoms with Crippen LogP contribution in [0.2, 0.25) is 0 Å². The minimum absolute atomic E-state index is 0.461. The molecule has 0 atom stereocenters. The van der Waals surface area contributed by atoms with Crippen LogP contribution in [0.25, 0.3) is 0 Å². The van der Waals surface area contributed by atoms with E-state index in [1.54, 1.807) is 24.3 Å². The summed E-state index contributed by atoms with van der Waals surface area (Å²) < 4.78 is 29.0. The second kappa shape index (κ2) is 9.91. The maximum atomic E-state index is 10.3. The van der Waals surface area contributed by atoms with Gasteiger partial charge in [0.2, 0.25) is 0 Å². The number of nitrogens with one attached hydrogen (secondary N) is 1. The maximum Gasteiger partial charge on any atom is 0.283 e. The number of hydrogen-bond donors (Lipinski definition) is 2. The second-order valence-electron chi connectivity index (χ2n) is 5.07. The fraction of sp³-hybridized carbons (Fsp3) is 0.375. The van der Waals surface area contributed by atoms with Crippen LogP contribution in [0.15, 0.2) is 55.5 Å². The molecule has 0 fully saturated rings. The summed E-state index contributed by atoms with van der Waals surface area (Å²) in [6.45, 7) is 8.06. The molecule has 1 aromatic rings. The molecule has 1 aliphatic rings. The average Bonchev–Trinajstić information content (AvgIpc) is 3.00. The lowest BCUT2D eigenvalue weighted by Gasteiger charge is -2.17. The van der Waals surface area contributed by atoms with Crippen molar-refractivity contribution in [3.8, 4) is 0 Å². The molecule has 0 unspecified atom stereocenters. The van der Waals surface area contributed by atoms with E-state index in [0.29, 0.717) is 5.69 Å². The van der Waals surface area contributed by atoms with Crippen LogP contribution in [-0.4, -0.2) is 41.9 Å². The zero-order valence-electron chi connectivity index (χ0n) is 13.4. The van der Waals surface area contributed by atoms with E-state index < -0.39 is 16.0 Å². The van der Waals surface area contributed by atoms with Crippen molar-refractivity contribution in [2.75, 3.05) is 24.4 Å². The van der Waals surface area contributed by atoms with Crippen LogP contribution in [0.5, 0.6) is 0 Å². The minimum Gasteiger partial charge on any atom is -0.370 e. The number of hydrogen-bond acceptors (Lipinski definition) is 5. The van der Waals surface area contributed by atoms with Gasteiger partial charge in [-0.1, -0.05) is 38.1 Å². The summed E-state index contributed by atoms with van der Waals surface area (Å²) in [4.78, 5) is 4.38. The molecule has 2 rings (SSSR count). The molecule has 7 heteroatoms. The molecule has 1 aromatic carbocycles.